The second-order valence-electron chi connectivity index (χ2n) is 4.60. The van der Waals surface area contributed by atoms with Crippen molar-refractivity contribution in [1.82, 2.24) is 4.98 Å². The number of nitrogens with zero attached hydrogens (tertiary/aromatic N) is 1. The van der Waals surface area contributed by atoms with Gasteiger partial charge in [-0.25, -0.2) is 22.0 Å². The third-order valence-electron chi connectivity index (χ3n) is 3.21. The van der Waals surface area contributed by atoms with E-state index in [9.17, 15) is 22.0 Å². The summed E-state index contributed by atoms with van der Waals surface area (Å²) in [6, 6.07) is 7.19. The fraction of sp³-hybridized carbons (Fsp3) is 0. The molecule has 3 nitrogen and oxygen atoms in total. The van der Waals surface area contributed by atoms with Gasteiger partial charge in [-0.3, -0.25) is 5.43 Å². The number of nitrogens with one attached hydrogen (secondary N) is 2. The van der Waals surface area contributed by atoms with Crippen molar-refractivity contribution in [3.05, 3.63) is 65.1 Å². The lowest BCUT2D eigenvalue weighted by atomic mass is 10.2. The average Bonchev–Trinajstić information content (AvgIpc) is 2.97. The minimum atomic E-state index is -2.22. The standard InChI is InChI=1S/C15H8F5N3/c16-10-11(17)13(19)15(14(20)12(10)18)23-22-6-7-5-21-9-4-2-1-3-8(7)9/h1-6,21,23H/b22-6-. The summed E-state index contributed by atoms with van der Waals surface area (Å²) in [6.07, 6.45) is 2.80. The Morgan fingerprint density at radius 2 is 1.48 bits per heavy atom. The molecule has 0 aliphatic carbocycles. The SMILES string of the molecule is Fc1c(F)c(F)c(N/N=C\c2c[nH]c3ccccc23)c(F)c1F. The van der Waals surface area contributed by atoms with Gasteiger partial charge in [-0.2, -0.15) is 5.10 Å². The molecular formula is C15H8F5N3. The number of hydrogen-bond acceptors (Lipinski definition) is 2. The Labute approximate surface area is 126 Å². The fourth-order valence-corrected chi connectivity index (χ4v) is 2.07. The summed E-state index contributed by atoms with van der Waals surface area (Å²) < 4.78 is 65.9. The van der Waals surface area contributed by atoms with Crippen LogP contribution in [0.5, 0.6) is 0 Å². The summed E-state index contributed by atoms with van der Waals surface area (Å²) in [4.78, 5) is 2.95. The number of hydrogen-bond donors (Lipinski definition) is 2. The molecule has 0 spiro atoms. The minimum absolute atomic E-state index is 0.581. The van der Waals surface area contributed by atoms with Crippen molar-refractivity contribution >= 4 is 22.8 Å². The summed E-state index contributed by atoms with van der Waals surface area (Å²) in [7, 11) is 0. The van der Waals surface area contributed by atoms with Gasteiger partial charge in [0.2, 0.25) is 5.82 Å². The third kappa shape index (κ3) is 2.52. The maximum absolute atomic E-state index is 13.5. The van der Waals surface area contributed by atoms with E-state index >= 15 is 0 Å². The summed E-state index contributed by atoms with van der Waals surface area (Å²) in [5, 5.41) is 4.32. The molecule has 2 N–H and O–H groups in total. The van der Waals surface area contributed by atoms with Gasteiger partial charge in [-0.05, 0) is 6.07 Å². The van der Waals surface area contributed by atoms with E-state index in [-0.39, 0.29) is 0 Å². The van der Waals surface area contributed by atoms with Crippen LogP contribution in [0.25, 0.3) is 10.9 Å². The first-order chi connectivity index (χ1) is 11.0. The van der Waals surface area contributed by atoms with Crippen LogP contribution in [0.4, 0.5) is 27.6 Å². The van der Waals surface area contributed by atoms with Gasteiger partial charge < -0.3 is 4.98 Å². The predicted octanol–water partition coefficient (Wildman–Crippen LogP) is 4.31. The van der Waals surface area contributed by atoms with Crippen molar-refractivity contribution in [3.8, 4) is 0 Å². The zero-order chi connectivity index (χ0) is 16.6. The molecule has 0 radical (unpaired) electrons. The molecule has 2 aromatic carbocycles. The normalized spacial score (nSPS) is 11.5. The zero-order valence-corrected chi connectivity index (χ0v) is 11.3. The summed E-state index contributed by atoms with van der Waals surface area (Å²) in [5.74, 6) is -10.2. The van der Waals surface area contributed by atoms with Crippen molar-refractivity contribution < 1.29 is 22.0 Å². The van der Waals surface area contributed by atoms with Gasteiger partial charge in [-0.15, -0.1) is 0 Å². The number of H-pyrrole nitrogens is 1. The van der Waals surface area contributed by atoms with Crippen LogP contribution in [-0.4, -0.2) is 11.2 Å². The molecule has 0 aliphatic rings. The number of benzene rings is 2. The molecular weight excluding hydrogens is 317 g/mol. The van der Waals surface area contributed by atoms with Crippen LogP contribution in [0.2, 0.25) is 0 Å². The predicted molar refractivity (Wildman–Crippen MR) is 75.7 cm³/mol. The molecule has 0 unspecified atom stereocenters. The molecule has 0 saturated carbocycles. The highest BCUT2D eigenvalue weighted by molar-refractivity contribution is 5.99. The molecule has 1 aromatic heterocycles. The molecule has 23 heavy (non-hydrogen) atoms. The Morgan fingerprint density at radius 3 is 2.17 bits per heavy atom. The zero-order valence-electron chi connectivity index (χ0n) is 11.3. The van der Waals surface area contributed by atoms with Crippen molar-refractivity contribution in [3.63, 3.8) is 0 Å². The minimum Gasteiger partial charge on any atom is -0.361 e. The largest absolute Gasteiger partial charge is 0.361 e. The van der Waals surface area contributed by atoms with Gasteiger partial charge in [0.05, 0.1) is 6.21 Å². The number of anilines is 1. The highest BCUT2D eigenvalue weighted by Gasteiger charge is 2.25. The van der Waals surface area contributed by atoms with Crippen LogP contribution in [0.15, 0.2) is 35.6 Å². The molecule has 0 amide bonds. The number of fused-ring (bicyclic) bond motifs is 1. The first-order valence-electron chi connectivity index (χ1n) is 6.37. The monoisotopic (exact) mass is 325 g/mol. The smallest absolute Gasteiger partial charge is 0.200 e. The van der Waals surface area contributed by atoms with Gasteiger partial charge in [0.15, 0.2) is 23.3 Å². The topological polar surface area (TPSA) is 40.2 Å². The summed E-state index contributed by atoms with van der Waals surface area (Å²) in [5.41, 5.74) is 2.03. The Morgan fingerprint density at radius 1 is 0.870 bits per heavy atom. The Bertz CT molecular complexity index is 888. The van der Waals surface area contributed by atoms with Crippen LogP contribution < -0.4 is 5.43 Å². The van der Waals surface area contributed by atoms with Gasteiger partial charge in [0.1, 0.15) is 5.69 Å². The molecule has 0 saturated heterocycles. The quantitative estimate of drug-likeness (QED) is 0.243. The van der Waals surface area contributed by atoms with Crippen molar-refractivity contribution in [2.45, 2.75) is 0 Å². The van der Waals surface area contributed by atoms with E-state index in [0.717, 1.165) is 10.9 Å². The van der Waals surface area contributed by atoms with E-state index in [1.807, 2.05) is 17.6 Å². The van der Waals surface area contributed by atoms with Crippen LogP contribution >= 0.6 is 0 Å². The van der Waals surface area contributed by atoms with E-state index in [4.69, 9.17) is 0 Å². The first kappa shape index (κ1) is 15.0. The second-order valence-corrected chi connectivity index (χ2v) is 4.60. The van der Waals surface area contributed by atoms with E-state index in [1.54, 1.807) is 18.3 Å². The Balaban J connectivity index is 1.92. The number of para-hydroxylation sites is 1. The molecule has 0 bridgehead atoms. The molecule has 0 aliphatic heterocycles. The van der Waals surface area contributed by atoms with Crippen molar-refractivity contribution in [2.24, 2.45) is 5.10 Å². The van der Waals surface area contributed by atoms with Crippen LogP contribution in [-0.2, 0) is 0 Å². The van der Waals surface area contributed by atoms with Crippen LogP contribution in [0.3, 0.4) is 0 Å². The van der Waals surface area contributed by atoms with Crippen LogP contribution in [0.1, 0.15) is 5.56 Å². The summed E-state index contributed by atoms with van der Waals surface area (Å²) >= 11 is 0. The Kier molecular flexibility index (Phi) is 3.73. The van der Waals surface area contributed by atoms with Gasteiger partial charge in [0.25, 0.3) is 0 Å². The summed E-state index contributed by atoms with van der Waals surface area (Å²) in [6.45, 7) is 0. The van der Waals surface area contributed by atoms with E-state index in [1.165, 1.54) is 6.21 Å². The highest BCUT2D eigenvalue weighted by atomic mass is 19.2. The first-order valence-corrected chi connectivity index (χ1v) is 6.37. The fourth-order valence-electron chi connectivity index (χ4n) is 2.07. The lowest BCUT2D eigenvalue weighted by Gasteiger charge is -2.06. The molecule has 3 aromatic rings. The maximum atomic E-state index is 13.5. The molecule has 1 heterocycles. The van der Waals surface area contributed by atoms with Crippen molar-refractivity contribution in [1.29, 1.82) is 0 Å². The van der Waals surface area contributed by atoms with Gasteiger partial charge in [-0.1, -0.05) is 18.2 Å². The molecule has 118 valence electrons. The van der Waals surface area contributed by atoms with Crippen molar-refractivity contribution in [2.75, 3.05) is 5.43 Å². The average molecular weight is 325 g/mol. The second kappa shape index (κ2) is 5.71. The Hall–Kier alpha value is -2.90. The molecule has 3 rings (SSSR count). The number of hydrazone groups is 1. The number of aromatic nitrogens is 1. The van der Waals surface area contributed by atoms with E-state index < -0.39 is 34.8 Å². The molecule has 0 fully saturated rings. The lowest BCUT2D eigenvalue weighted by molar-refractivity contribution is 0.381. The number of rotatable bonds is 3. The lowest BCUT2D eigenvalue weighted by Crippen LogP contribution is -2.06. The van der Waals surface area contributed by atoms with Crippen LogP contribution in [0, 0.1) is 29.1 Å². The highest BCUT2D eigenvalue weighted by Crippen LogP contribution is 2.27. The molecule has 0 atom stereocenters. The van der Waals surface area contributed by atoms with E-state index in [2.05, 4.69) is 10.1 Å². The van der Waals surface area contributed by atoms with Gasteiger partial charge >= 0.3 is 0 Å². The third-order valence-corrected chi connectivity index (χ3v) is 3.21. The number of aromatic amines is 1. The maximum Gasteiger partial charge on any atom is 0.200 e. The number of halogens is 5. The van der Waals surface area contributed by atoms with Gasteiger partial charge in [0, 0.05) is 22.7 Å². The molecule has 8 heteroatoms. The van der Waals surface area contributed by atoms with E-state index in [0.29, 0.717) is 5.56 Å².